The second-order valence-corrected chi connectivity index (χ2v) is 7.93. The molecule has 3 aromatic rings. The van der Waals surface area contributed by atoms with Gasteiger partial charge < -0.3 is 9.32 Å². The molecule has 0 radical (unpaired) electrons. The van der Waals surface area contributed by atoms with Crippen LogP contribution in [0.15, 0.2) is 65.1 Å². The molecule has 1 aromatic heterocycles. The van der Waals surface area contributed by atoms with Gasteiger partial charge in [0.15, 0.2) is 5.76 Å². The number of non-ortho nitro benzene ring substituents is 1. The lowest BCUT2D eigenvalue weighted by Gasteiger charge is -2.35. The molecule has 4 rings (SSSR count). The predicted molar refractivity (Wildman–Crippen MR) is 121 cm³/mol. The van der Waals surface area contributed by atoms with Crippen LogP contribution in [0.4, 0.5) is 5.69 Å². The van der Waals surface area contributed by atoms with Crippen molar-refractivity contribution in [3.05, 3.63) is 87.1 Å². The Morgan fingerprint density at radius 2 is 1.80 bits per heavy atom. The topological polar surface area (TPSA) is 62.8 Å². The number of hydrogen-bond donors (Lipinski definition) is 0. The molecule has 2 heterocycles. The van der Waals surface area contributed by atoms with E-state index >= 15 is 0 Å². The van der Waals surface area contributed by atoms with E-state index in [1.807, 2.05) is 12.1 Å². The number of furan rings is 1. The number of nitro groups is 1. The van der Waals surface area contributed by atoms with Crippen LogP contribution in [0.1, 0.15) is 11.3 Å². The zero-order valence-corrected chi connectivity index (χ0v) is 17.7. The van der Waals surface area contributed by atoms with E-state index in [0.29, 0.717) is 22.1 Å². The average Bonchev–Trinajstić information content (AvgIpc) is 3.24. The molecule has 0 spiro atoms. The molecule has 0 unspecified atom stereocenters. The highest BCUT2D eigenvalue weighted by atomic mass is 35.5. The van der Waals surface area contributed by atoms with Crippen molar-refractivity contribution in [1.82, 2.24) is 9.80 Å². The van der Waals surface area contributed by atoms with Gasteiger partial charge in [0, 0.05) is 50.4 Å². The first-order chi connectivity index (χ1) is 14.5. The summed E-state index contributed by atoms with van der Waals surface area (Å²) in [6, 6.07) is 18.4. The summed E-state index contributed by atoms with van der Waals surface area (Å²) in [6.45, 7) is 4.46. The molecular formula is C22H20ClN3O3S. The highest BCUT2D eigenvalue weighted by Gasteiger charge is 2.22. The Balaban J connectivity index is 1.39. The second kappa shape index (κ2) is 8.95. The molecule has 0 saturated carbocycles. The molecule has 154 valence electrons. The monoisotopic (exact) mass is 441 g/mol. The lowest BCUT2D eigenvalue weighted by atomic mass is 10.1. The summed E-state index contributed by atoms with van der Waals surface area (Å²) < 4.78 is 5.94. The van der Waals surface area contributed by atoms with Crippen LogP contribution < -0.4 is 0 Å². The molecular weight excluding hydrogens is 422 g/mol. The zero-order valence-electron chi connectivity index (χ0n) is 16.2. The highest BCUT2D eigenvalue weighted by molar-refractivity contribution is 7.80. The highest BCUT2D eigenvalue weighted by Crippen LogP contribution is 2.32. The van der Waals surface area contributed by atoms with Crippen molar-refractivity contribution in [3.8, 4) is 11.3 Å². The maximum absolute atomic E-state index is 10.9. The van der Waals surface area contributed by atoms with Crippen LogP contribution in [0.25, 0.3) is 11.3 Å². The summed E-state index contributed by atoms with van der Waals surface area (Å²) >= 11 is 11.9. The van der Waals surface area contributed by atoms with Gasteiger partial charge in [0.1, 0.15) is 10.7 Å². The van der Waals surface area contributed by atoms with E-state index in [9.17, 15) is 10.1 Å². The van der Waals surface area contributed by atoms with Crippen molar-refractivity contribution in [3.63, 3.8) is 0 Å². The third kappa shape index (κ3) is 4.53. The fraction of sp³-hybridized carbons (Fsp3) is 0.227. The lowest BCUT2D eigenvalue weighted by Crippen LogP contribution is -2.47. The van der Waals surface area contributed by atoms with Crippen LogP contribution in [0.2, 0.25) is 5.02 Å². The maximum Gasteiger partial charge on any atom is 0.270 e. The van der Waals surface area contributed by atoms with E-state index in [1.165, 1.54) is 17.7 Å². The van der Waals surface area contributed by atoms with Crippen LogP contribution in [-0.4, -0.2) is 45.9 Å². The van der Waals surface area contributed by atoms with Crippen molar-refractivity contribution < 1.29 is 9.34 Å². The largest absolute Gasteiger partial charge is 0.454 e. The summed E-state index contributed by atoms with van der Waals surface area (Å²) in [5, 5.41) is 11.2. The Morgan fingerprint density at radius 1 is 1.07 bits per heavy atom. The van der Waals surface area contributed by atoms with Gasteiger partial charge in [0.25, 0.3) is 5.69 Å². The summed E-state index contributed by atoms with van der Waals surface area (Å²) in [5.41, 5.74) is 1.85. The first-order valence-corrected chi connectivity index (χ1v) is 10.4. The van der Waals surface area contributed by atoms with Gasteiger partial charge in [-0.3, -0.25) is 15.0 Å². The van der Waals surface area contributed by atoms with Crippen LogP contribution in [0, 0.1) is 10.1 Å². The number of benzene rings is 2. The van der Waals surface area contributed by atoms with Crippen LogP contribution in [0.3, 0.4) is 0 Å². The third-order valence-corrected chi connectivity index (χ3v) is 5.93. The van der Waals surface area contributed by atoms with Crippen molar-refractivity contribution >= 4 is 34.5 Å². The molecule has 8 heteroatoms. The first kappa shape index (κ1) is 20.5. The number of nitrogens with zero attached hydrogens (tertiary/aromatic N) is 3. The van der Waals surface area contributed by atoms with E-state index in [1.54, 1.807) is 12.1 Å². The Hall–Kier alpha value is -2.74. The SMILES string of the molecule is O=[N+]([O-])c1ccc(-c2ccc(C(=S)N3CCN(Cc4ccccc4)CC3)o2)c(Cl)c1. The molecule has 1 saturated heterocycles. The second-order valence-electron chi connectivity index (χ2n) is 7.14. The molecule has 0 bridgehead atoms. The quantitative estimate of drug-likeness (QED) is 0.315. The van der Waals surface area contributed by atoms with Gasteiger partial charge in [-0.1, -0.05) is 54.2 Å². The van der Waals surface area contributed by atoms with Crippen molar-refractivity contribution in [1.29, 1.82) is 0 Å². The van der Waals surface area contributed by atoms with Crippen molar-refractivity contribution in [2.75, 3.05) is 26.2 Å². The summed E-state index contributed by atoms with van der Waals surface area (Å²) in [7, 11) is 0. The van der Waals surface area contributed by atoms with Gasteiger partial charge in [0.2, 0.25) is 0 Å². The van der Waals surface area contributed by atoms with E-state index in [2.05, 4.69) is 34.1 Å². The van der Waals surface area contributed by atoms with Gasteiger partial charge in [0.05, 0.1) is 9.95 Å². The van der Waals surface area contributed by atoms with Gasteiger partial charge >= 0.3 is 0 Å². The number of piperazine rings is 1. The van der Waals surface area contributed by atoms with E-state index in [4.69, 9.17) is 28.2 Å². The lowest BCUT2D eigenvalue weighted by molar-refractivity contribution is -0.384. The Kier molecular flexibility index (Phi) is 6.13. The van der Waals surface area contributed by atoms with Crippen LogP contribution >= 0.6 is 23.8 Å². The molecule has 30 heavy (non-hydrogen) atoms. The third-order valence-electron chi connectivity index (χ3n) is 5.15. The van der Waals surface area contributed by atoms with E-state index in [0.717, 1.165) is 32.7 Å². The predicted octanol–water partition coefficient (Wildman–Crippen LogP) is 5.00. The summed E-state index contributed by atoms with van der Waals surface area (Å²) in [5.74, 6) is 1.14. The molecule has 1 fully saturated rings. The number of halogens is 1. The molecule has 2 aromatic carbocycles. The molecule has 1 aliphatic rings. The molecule has 6 nitrogen and oxygen atoms in total. The van der Waals surface area contributed by atoms with E-state index < -0.39 is 4.92 Å². The zero-order chi connectivity index (χ0) is 21.1. The minimum atomic E-state index is -0.476. The smallest absolute Gasteiger partial charge is 0.270 e. The number of hydrogen-bond acceptors (Lipinski definition) is 5. The average molecular weight is 442 g/mol. The van der Waals surface area contributed by atoms with E-state index in [-0.39, 0.29) is 10.7 Å². The minimum absolute atomic E-state index is 0.0561. The van der Waals surface area contributed by atoms with Crippen LogP contribution in [0.5, 0.6) is 0 Å². The fourth-order valence-corrected chi connectivity index (χ4v) is 4.08. The fourth-order valence-electron chi connectivity index (χ4n) is 3.52. The minimum Gasteiger partial charge on any atom is -0.454 e. The Labute approximate surface area is 184 Å². The first-order valence-electron chi connectivity index (χ1n) is 9.61. The molecule has 0 atom stereocenters. The molecule has 0 amide bonds. The molecule has 1 aliphatic heterocycles. The van der Waals surface area contributed by atoms with Gasteiger partial charge in [-0.05, 0) is 23.8 Å². The summed E-state index contributed by atoms with van der Waals surface area (Å²) in [6.07, 6.45) is 0. The van der Waals surface area contributed by atoms with Crippen molar-refractivity contribution in [2.45, 2.75) is 6.54 Å². The van der Waals surface area contributed by atoms with Crippen molar-refractivity contribution in [2.24, 2.45) is 0 Å². The maximum atomic E-state index is 10.9. The normalized spacial score (nSPS) is 14.6. The number of rotatable bonds is 5. The van der Waals surface area contributed by atoms with Gasteiger partial charge in [-0.15, -0.1) is 0 Å². The molecule has 0 aliphatic carbocycles. The number of thiocarbonyl (C=S) groups is 1. The summed E-state index contributed by atoms with van der Waals surface area (Å²) in [4.78, 5) is 15.6. The molecule has 0 N–H and O–H groups in total. The number of nitro benzene ring substituents is 1. The van der Waals surface area contributed by atoms with Gasteiger partial charge in [-0.2, -0.15) is 0 Å². The van der Waals surface area contributed by atoms with Gasteiger partial charge in [-0.25, -0.2) is 0 Å². The standard InChI is InChI=1S/C22H20ClN3O3S/c23-19-14-17(26(27)28)6-7-18(19)20-8-9-21(29-20)22(30)25-12-10-24(11-13-25)15-16-4-2-1-3-5-16/h1-9,14H,10-13,15H2. The Bertz CT molecular complexity index is 1060. The van der Waals surface area contributed by atoms with Crippen LogP contribution in [-0.2, 0) is 6.54 Å². The Morgan fingerprint density at radius 3 is 2.47 bits per heavy atom.